The van der Waals surface area contributed by atoms with Gasteiger partial charge in [0.2, 0.25) is 5.91 Å². The minimum absolute atomic E-state index is 0.0312. The minimum Gasteiger partial charge on any atom is -0.399 e. The van der Waals surface area contributed by atoms with Crippen LogP contribution in [0.25, 0.3) is 0 Å². The number of nitrogens with two attached hydrogens (primary N) is 1. The Labute approximate surface area is 120 Å². The molecule has 3 N–H and O–H groups in total. The highest BCUT2D eigenvalue weighted by molar-refractivity contribution is 5.93. The summed E-state index contributed by atoms with van der Waals surface area (Å²) in [6, 6.07) is 5.57. The molecule has 0 bridgehead atoms. The quantitative estimate of drug-likeness (QED) is 0.810. The predicted molar refractivity (Wildman–Crippen MR) is 82.8 cm³/mol. The fraction of sp³-hybridized carbons (Fsp3) is 0.533. The van der Waals surface area contributed by atoms with Gasteiger partial charge in [-0.2, -0.15) is 0 Å². The molecule has 1 fully saturated rings. The van der Waals surface area contributed by atoms with Gasteiger partial charge in [0.1, 0.15) is 0 Å². The number of anilines is 2. The van der Waals surface area contributed by atoms with E-state index in [9.17, 15) is 4.79 Å². The maximum Gasteiger partial charge on any atom is 0.238 e. The number of aryl methyl sites for hydroxylation is 1. The summed E-state index contributed by atoms with van der Waals surface area (Å²) in [4.78, 5) is 16.7. The molecule has 110 valence electrons. The number of nitrogens with zero attached hydrogens (tertiary/aromatic N) is 2. The highest BCUT2D eigenvalue weighted by atomic mass is 16.2. The third-order valence-electron chi connectivity index (χ3n) is 3.82. The molecule has 0 spiro atoms. The van der Waals surface area contributed by atoms with Gasteiger partial charge >= 0.3 is 0 Å². The van der Waals surface area contributed by atoms with Gasteiger partial charge in [-0.05, 0) is 31.2 Å². The Morgan fingerprint density at radius 3 is 2.55 bits per heavy atom. The molecule has 1 amide bonds. The van der Waals surface area contributed by atoms with Gasteiger partial charge in [0.25, 0.3) is 0 Å². The van der Waals surface area contributed by atoms with Gasteiger partial charge in [-0.1, -0.05) is 13.0 Å². The van der Waals surface area contributed by atoms with Crippen LogP contribution in [-0.4, -0.2) is 55.0 Å². The summed E-state index contributed by atoms with van der Waals surface area (Å²) in [6.07, 6.45) is 0. The van der Waals surface area contributed by atoms with Crippen LogP contribution in [-0.2, 0) is 4.79 Å². The molecule has 0 atom stereocenters. The third-order valence-corrected chi connectivity index (χ3v) is 3.82. The van der Waals surface area contributed by atoms with Crippen LogP contribution in [0, 0.1) is 6.92 Å². The zero-order valence-corrected chi connectivity index (χ0v) is 12.4. The lowest BCUT2D eigenvalue weighted by molar-refractivity contribution is -0.117. The van der Waals surface area contributed by atoms with Crippen molar-refractivity contribution in [2.45, 2.75) is 13.8 Å². The molecule has 5 heteroatoms. The number of amides is 1. The minimum atomic E-state index is 0.0312. The molecular formula is C15H24N4O. The van der Waals surface area contributed by atoms with Crippen LogP contribution >= 0.6 is 0 Å². The monoisotopic (exact) mass is 276 g/mol. The Morgan fingerprint density at radius 2 is 1.90 bits per heavy atom. The topological polar surface area (TPSA) is 61.6 Å². The van der Waals surface area contributed by atoms with E-state index in [2.05, 4.69) is 22.0 Å². The highest BCUT2D eigenvalue weighted by Crippen LogP contribution is 2.18. The van der Waals surface area contributed by atoms with E-state index in [0.717, 1.165) is 44.0 Å². The summed E-state index contributed by atoms with van der Waals surface area (Å²) >= 11 is 0. The lowest BCUT2D eigenvalue weighted by Gasteiger charge is -2.33. The van der Waals surface area contributed by atoms with Crippen molar-refractivity contribution < 1.29 is 4.79 Å². The van der Waals surface area contributed by atoms with Gasteiger partial charge in [0.15, 0.2) is 0 Å². The van der Waals surface area contributed by atoms with Crippen LogP contribution in [0.1, 0.15) is 12.5 Å². The molecule has 2 rings (SSSR count). The van der Waals surface area contributed by atoms with E-state index >= 15 is 0 Å². The number of nitrogens with one attached hydrogen (secondary N) is 1. The number of carbonyl (C=O) groups is 1. The second-order valence-electron chi connectivity index (χ2n) is 5.33. The van der Waals surface area contributed by atoms with E-state index in [4.69, 9.17) is 5.73 Å². The molecule has 0 aliphatic carbocycles. The fourth-order valence-corrected chi connectivity index (χ4v) is 2.43. The SMILES string of the molecule is CCN1CCN(CC(=O)Nc2cc(N)ccc2C)CC1. The zero-order valence-electron chi connectivity index (χ0n) is 12.4. The summed E-state index contributed by atoms with van der Waals surface area (Å²) in [5, 5.41) is 2.95. The van der Waals surface area contributed by atoms with Crippen LogP contribution in [0.4, 0.5) is 11.4 Å². The van der Waals surface area contributed by atoms with Crippen molar-refractivity contribution >= 4 is 17.3 Å². The first-order valence-electron chi connectivity index (χ1n) is 7.19. The van der Waals surface area contributed by atoms with Gasteiger partial charge in [-0.25, -0.2) is 0 Å². The molecule has 1 heterocycles. The van der Waals surface area contributed by atoms with Gasteiger partial charge < -0.3 is 16.0 Å². The van der Waals surface area contributed by atoms with E-state index in [1.54, 1.807) is 0 Å². The van der Waals surface area contributed by atoms with Gasteiger partial charge in [0, 0.05) is 37.6 Å². The molecule has 1 aliphatic rings. The Hall–Kier alpha value is -1.59. The lowest BCUT2D eigenvalue weighted by Crippen LogP contribution is -2.48. The van der Waals surface area contributed by atoms with Crippen LogP contribution in [0.15, 0.2) is 18.2 Å². The van der Waals surface area contributed by atoms with E-state index in [-0.39, 0.29) is 5.91 Å². The second-order valence-corrected chi connectivity index (χ2v) is 5.33. The summed E-state index contributed by atoms with van der Waals surface area (Å²) in [7, 11) is 0. The smallest absolute Gasteiger partial charge is 0.238 e. The molecular weight excluding hydrogens is 252 g/mol. The molecule has 1 aliphatic heterocycles. The average molecular weight is 276 g/mol. The van der Waals surface area contributed by atoms with E-state index in [1.807, 2.05) is 25.1 Å². The normalized spacial score (nSPS) is 17.1. The lowest BCUT2D eigenvalue weighted by atomic mass is 10.2. The highest BCUT2D eigenvalue weighted by Gasteiger charge is 2.18. The molecule has 1 aromatic carbocycles. The first-order valence-corrected chi connectivity index (χ1v) is 7.19. The standard InChI is InChI=1S/C15H24N4O/c1-3-18-6-8-19(9-7-18)11-15(20)17-14-10-13(16)5-4-12(14)2/h4-5,10H,3,6-9,11,16H2,1-2H3,(H,17,20). The third kappa shape index (κ3) is 3.95. The Balaban J connectivity index is 1.85. The van der Waals surface area contributed by atoms with Crippen LogP contribution in [0.3, 0.4) is 0 Å². The Kier molecular flexibility index (Phi) is 4.98. The number of benzene rings is 1. The van der Waals surface area contributed by atoms with Gasteiger partial charge in [-0.15, -0.1) is 0 Å². The molecule has 5 nitrogen and oxygen atoms in total. The molecule has 0 saturated carbocycles. The molecule has 0 unspecified atom stereocenters. The van der Waals surface area contributed by atoms with E-state index in [0.29, 0.717) is 12.2 Å². The van der Waals surface area contributed by atoms with Crippen molar-refractivity contribution in [1.29, 1.82) is 0 Å². The first kappa shape index (κ1) is 14.8. The summed E-state index contributed by atoms with van der Waals surface area (Å²) in [5.74, 6) is 0.0312. The van der Waals surface area contributed by atoms with Crippen molar-refractivity contribution in [3.63, 3.8) is 0 Å². The van der Waals surface area contributed by atoms with Crippen LogP contribution in [0.5, 0.6) is 0 Å². The van der Waals surface area contributed by atoms with Crippen LogP contribution in [0.2, 0.25) is 0 Å². The summed E-state index contributed by atoms with van der Waals surface area (Å²) in [5.41, 5.74) is 8.26. The van der Waals surface area contributed by atoms with E-state index < -0.39 is 0 Å². The number of carbonyl (C=O) groups excluding carboxylic acids is 1. The van der Waals surface area contributed by atoms with Crippen molar-refractivity contribution in [1.82, 2.24) is 9.80 Å². The first-order chi connectivity index (χ1) is 9.58. The number of rotatable bonds is 4. The molecule has 0 radical (unpaired) electrons. The molecule has 20 heavy (non-hydrogen) atoms. The Bertz CT molecular complexity index is 467. The number of hydrogen-bond acceptors (Lipinski definition) is 4. The molecule has 0 aromatic heterocycles. The fourth-order valence-electron chi connectivity index (χ4n) is 2.43. The van der Waals surface area contributed by atoms with Gasteiger partial charge in [0.05, 0.1) is 6.54 Å². The van der Waals surface area contributed by atoms with E-state index in [1.165, 1.54) is 0 Å². The predicted octanol–water partition coefficient (Wildman–Crippen LogP) is 1.15. The maximum absolute atomic E-state index is 12.1. The molecule has 1 aromatic rings. The zero-order chi connectivity index (χ0) is 14.5. The summed E-state index contributed by atoms with van der Waals surface area (Å²) in [6.45, 7) is 9.67. The second kappa shape index (κ2) is 6.72. The summed E-state index contributed by atoms with van der Waals surface area (Å²) < 4.78 is 0. The van der Waals surface area contributed by atoms with Crippen molar-refractivity contribution in [3.8, 4) is 0 Å². The van der Waals surface area contributed by atoms with Crippen molar-refractivity contribution in [2.75, 3.05) is 50.3 Å². The number of nitrogen functional groups attached to an aromatic ring is 1. The molecule has 1 saturated heterocycles. The number of hydrogen-bond donors (Lipinski definition) is 2. The van der Waals surface area contributed by atoms with Crippen LogP contribution < -0.4 is 11.1 Å². The number of piperazine rings is 1. The maximum atomic E-state index is 12.1. The Morgan fingerprint density at radius 1 is 1.25 bits per heavy atom. The largest absolute Gasteiger partial charge is 0.399 e. The van der Waals surface area contributed by atoms with Gasteiger partial charge in [-0.3, -0.25) is 9.69 Å². The average Bonchev–Trinajstić information content (AvgIpc) is 2.43. The van der Waals surface area contributed by atoms with Crippen molar-refractivity contribution in [3.05, 3.63) is 23.8 Å². The number of likely N-dealkylation sites (N-methyl/N-ethyl adjacent to an activating group) is 1. The van der Waals surface area contributed by atoms with Crippen molar-refractivity contribution in [2.24, 2.45) is 0 Å².